The first-order chi connectivity index (χ1) is 20.3. The third-order valence-corrected chi connectivity index (χ3v) is 8.16. The number of hydrogen-bond donors (Lipinski definition) is 2. The molecule has 2 heterocycles. The van der Waals surface area contributed by atoms with Gasteiger partial charge < -0.3 is 29.1 Å². The second-order valence-electron chi connectivity index (χ2n) is 10.8. The molecule has 1 saturated heterocycles. The number of fused-ring (bicyclic) bond motifs is 1. The van der Waals surface area contributed by atoms with Crippen molar-refractivity contribution in [3.8, 4) is 17.2 Å². The monoisotopic (exact) mass is 571 g/mol. The lowest BCUT2D eigenvalue weighted by atomic mass is 9.94. The van der Waals surface area contributed by atoms with E-state index in [4.69, 9.17) is 14.2 Å². The van der Waals surface area contributed by atoms with Crippen LogP contribution >= 0.6 is 0 Å². The average Bonchev–Trinajstić information content (AvgIpc) is 3.51. The molecule has 8 heteroatoms. The second kappa shape index (κ2) is 12.7. The fourth-order valence-electron chi connectivity index (χ4n) is 5.77. The van der Waals surface area contributed by atoms with E-state index in [9.17, 15) is 14.7 Å². The number of rotatable bonds is 11. The molecule has 8 nitrogen and oxygen atoms in total. The van der Waals surface area contributed by atoms with Gasteiger partial charge in [-0.1, -0.05) is 36.4 Å². The van der Waals surface area contributed by atoms with E-state index in [0.717, 1.165) is 30.0 Å². The molecule has 42 heavy (non-hydrogen) atoms. The van der Waals surface area contributed by atoms with Gasteiger partial charge in [0.2, 0.25) is 0 Å². The fourth-order valence-corrected chi connectivity index (χ4v) is 5.77. The van der Waals surface area contributed by atoms with Crippen LogP contribution in [0.25, 0.3) is 5.76 Å². The number of carbonyl (C=O) groups is 2. The number of quaternary nitrogens is 1. The molecule has 1 amide bonds. The average molecular weight is 572 g/mol. The molecule has 3 aromatic rings. The minimum atomic E-state index is -0.777. The number of benzene rings is 3. The number of amides is 1. The highest BCUT2D eigenvalue weighted by Gasteiger charge is 2.46. The lowest BCUT2D eigenvalue weighted by molar-refractivity contribution is -0.895. The number of likely N-dealkylation sites (tertiary alicyclic amines) is 1. The van der Waals surface area contributed by atoms with Crippen LogP contribution in [0.15, 0.2) is 72.3 Å². The van der Waals surface area contributed by atoms with E-state index in [-0.39, 0.29) is 17.4 Å². The van der Waals surface area contributed by atoms with Crippen LogP contribution in [0.4, 0.5) is 0 Å². The van der Waals surface area contributed by atoms with Crippen LogP contribution in [0, 0.1) is 0 Å². The zero-order valence-corrected chi connectivity index (χ0v) is 24.7. The molecule has 220 valence electrons. The largest absolute Gasteiger partial charge is 0.507 e. The van der Waals surface area contributed by atoms with E-state index >= 15 is 0 Å². The Kier molecular flexibility index (Phi) is 8.83. The molecule has 5 rings (SSSR count). The summed E-state index contributed by atoms with van der Waals surface area (Å²) in [6, 6.07) is 19.9. The first kappa shape index (κ1) is 29.2. The molecule has 3 aromatic carbocycles. The first-order valence-corrected chi connectivity index (χ1v) is 14.6. The number of nitrogens with one attached hydrogen (secondary N) is 1. The molecule has 2 aliphatic heterocycles. The number of methoxy groups -OCH3 is 1. The van der Waals surface area contributed by atoms with Gasteiger partial charge in [-0.3, -0.25) is 9.59 Å². The highest BCUT2D eigenvalue weighted by Crippen LogP contribution is 2.42. The van der Waals surface area contributed by atoms with Crippen LogP contribution in [0.5, 0.6) is 17.2 Å². The number of carbonyl (C=O) groups excluding carboxylic acids is 2. The van der Waals surface area contributed by atoms with Gasteiger partial charge in [0.1, 0.15) is 24.2 Å². The second-order valence-corrected chi connectivity index (χ2v) is 10.8. The van der Waals surface area contributed by atoms with Crippen LogP contribution in [-0.4, -0.2) is 61.1 Å². The normalized spacial score (nSPS) is 19.2. The number of ketones is 1. The topological polar surface area (TPSA) is 89.7 Å². The Labute approximate surface area is 247 Å². The number of aliphatic hydroxyl groups excluding tert-OH is 1. The minimum Gasteiger partial charge on any atom is -0.507 e. The summed E-state index contributed by atoms with van der Waals surface area (Å²) in [6.07, 6.45) is 0.753. The first-order valence-electron chi connectivity index (χ1n) is 14.6. The Morgan fingerprint density at radius 3 is 2.50 bits per heavy atom. The van der Waals surface area contributed by atoms with Gasteiger partial charge in [0, 0.05) is 12.0 Å². The van der Waals surface area contributed by atoms with Gasteiger partial charge in [-0.2, -0.15) is 0 Å². The molecule has 2 atom stereocenters. The van der Waals surface area contributed by atoms with Gasteiger partial charge in [-0.15, -0.1) is 0 Å². The standard InChI is InChI=1S/C34H38N2O6/c1-5-35(6-2)16-17-36-31(24-12-15-28(29(20-24)40-4)41-21-23-10-8-7-9-11-23)30(33(38)34(36)39)32(37)25-13-14-27-26(19-25)18-22(3)42-27/h7-15,19-20,22,31,37H,5-6,16-18,21H2,1-4H3/p+1/t22-,31+/m0/s1. The minimum absolute atomic E-state index is 0.0423. The highest BCUT2D eigenvalue weighted by atomic mass is 16.5. The molecule has 0 saturated carbocycles. The summed E-state index contributed by atoms with van der Waals surface area (Å²) in [7, 11) is 1.56. The van der Waals surface area contributed by atoms with Crippen molar-refractivity contribution >= 4 is 17.4 Å². The number of ether oxygens (including phenoxy) is 3. The Morgan fingerprint density at radius 1 is 1.02 bits per heavy atom. The van der Waals surface area contributed by atoms with Crippen LogP contribution in [0.3, 0.4) is 0 Å². The molecular formula is C34H39N2O6+. The van der Waals surface area contributed by atoms with Crippen LogP contribution in [-0.2, 0) is 22.6 Å². The van der Waals surface area contributed by atoms with E-state index in [2.05, 4.69) is 13.8 Å². The van der Waals surface area contributed by atoms with Crippen molar-refractivity contribution in [2.45, 2.75) is 45.9 Å². The number of aliphatic hydroxyl groups is 1. The third-order valence-electron chi connectivity index (χ3n) is 8.16. The van der Waals surface area contributed by atoms with Crippen LogP contribution in [0.1, 0.15) is 49.1 Å². The van der Waals surface area contributed by atoms with Crippen molar-refractivity contribution in [2.24, 2.45) is 0 Å². The molecule has 0 bridgehead atoms. The number of likely N-dealkylation sites (N-methyl/N-ethyl adjacent to an activating group) is 1. The molecule has 0 radical (unpaired) electrons. The quantitative estimate of drug-likeness (QED) is 0.206. The summed E-state index contributed by atoms with van der Waals surface area (Å²) >= 11 is 0. The van der Waals surface area contributed by atoms with E-state index in [1.807, 2.05) is 55.5 Å². The molecule has 1 fully saturated rings. The van der Waals surface area contributed by atoms with Gasteiger partial charge in [-0.05, 0) is 67.8 Å². The summed E-state index contributed by atoms with van der Waals surface area (Å²) in [5.41, 5.74) is 3.20. The van der Waals surface area contributed by atoms with Crippen LogP contribution in [0.2, 0.25) is 0 Å². The maximum atomic E-state index is 13.6. The molecule has 0 spiro atoms. The summed E-state index contributed by atoms with van der Waals surface area (Å²) in [5, 5.41) is 11.6. The van der Waals surface area contributed by atoms with Crippen molar-refractivity contribution in [1.82, 2.24) is 4.90 Å². The smallest absolute Gasteiger partial charge is 0.295 e. The number of hydrogen-bond acceptors (Lipinski definition) is 6. The van der Waals surface area contributed by atoms with Crippen molar-refractivity contribution in [3.63, 3.8) is 0 Å². The zero-order valence-electron chi connectivity index (χ0n) is 24.7. The SMILES string of the molecule is CC[NH+](CC)CCN1C(=O)C(=O)C(=C(O)c2ccc3c(c2)C[C@H](C)O3)[C@H]1c1ccc(OCc2ccccc2)c(OC)c1. The summed E-state index contributed by atoms with van der Waals surface area (Å²) in [6.45, 7) is 9.41. The van der Waals surface area contributed by atoms with E-state index in [1.165, 1.54) is 4.90 Å². The maximum Gasteiger partial charge on any atom is 0.295 e. The Balaban J connectivity index is 1.54. The van der Waals surface area contributed by atoms with Gasteiger partial charge in [0.25, 0.3) is 11.7 Å². The Bertz CT molecular complexity index is 1480. The fraction of sp³-hybridized carbons (Fsp3) is 0.353. The summed E-state index contributed by atoms with van der Waals surface area (Å²) in [5.74, 6) is 0.292. The predicted molar refractivity (Wildman–Crippen MR) is 160 cm³/mol. The molecule has 2 N–H and O–H groups in total. The third kappa shape index (κ3) is 5.85. The number of Topliss-reactive ketones (excluding diaryl/α,β-unsaturated/α-hetero) is 1. The number of nitrogens with zero attached hydrogens (tertiary/aromatic N) is 1. The lowest BCUT2D eigenvalue weighted by Gasteiger charge is -2.27. The Hall–Kier alpha value is -4.30. The summed E-state index contributed by atoms with van der Waals surface area (Å²) in [4.78, 5) is 29.9. The molecular weight excluding hydrogens is 532 g/mol. The van der Waals surface area contributed by atoms with Gasteiger partial charge in [-0.25, -0.2) is 0 Å². The molecule has 0 aromatic heterocycles. The van der Waals surface area contributed by atoms with Crippen molar-refractivity contribution < 1.29 is 33.8 Å². The van der Waals surface area contributed by atoms with E-state index in [1.54, 1.807) is 30.2 Å². The highest BCUT2D eigenvalue weighted by molar-refractivity contribution is 6.46. The molecule has 0 aliphatic carbocycles. The van der Waals surface area contributed by atoms with Crippen LogP contribution < -0.4 is 19.1 Å². The van der Waals surface area contributed by atoms with Crippen molar-refractivity contribution in [2.75, 3.05) is 33.3 Å². The van der Waals surface area contributed by atoms with Gasteiger partial charge in [0.05, 0.1) is 44.9 Å². The predicted octanol–water partition coefficient (Wildman–Crippen LogP) is 3.94. The maximum absolute atomic E-state index is 13.6. The lowest BCUT2D eigenvalue weighted by Crippen LogP contribution is -3.12. The van der Waals surface area contributed by atoms with Crippen molar-refractivity contribution in [3.05, 3.63) is 94.6 Å². The van der Waals surface area contributed by atoms with Gasteiger partial charge in [0.15, 0.2) is 11.5 Å². The molecule has 2 aliphatic rings. The molecule has 0 unspecified atom stereocenters. The van der Waals surface area contributed by atoms with Crippen molar-refractivity contribution in [1.29, 1.82) is 0 Å². The van der Waals surface area contributed by atoms with Gasteiger partial charge >= 0.3 is 0 Å². The summed E-state index contributed by atoms with van der Waals surface area (Å²) < 4.78 is 17.6. The zero-order chi connectivity index (χ0) is 29.8. The van der Waals surface area contributed by atoms with E-state index in [0.29, 0.717) is 48.7 Å². The Morgan fingerprint density at radius 2 is 1.79 bits per heavy atom. The van der Waals surface area contributed by atoms with E-state index < -0.39 is 17.7 Å².